The molecule has 2 aromatic rings. The van der Waals surface area contributed by atoms with E-state index in [0.29, 0.717) is 24.3 Å². The quantitative estimate of drug-likeness (QED) is 0.833. The Labute approximate surface area is 168 Å². The van der Waals surface area contributed by atoms with Crippen molar-refractivity contribution in [1.82, 2.24) is 20.0 Å². The minimum Gasteiger partial charge on any atom is -0.370 e. The highest BCUT2D eigenvalue weighted by Crippen LogP contribution is 2.39. The number of nitrogens with zero attached hydrogens (tertiary/aromatic N) is 3. The van der Waals surface area contributed by atoms with Crippen LogP contribution in [0, 0.1) is 11.6 Å². The van der Waals surface area contributed by atoms with Crippen LogP contribution >= 0.6 is 0 Å². The first-order valence-corrected chi connectivity index (χ1v) is 10.0. The van der Waals surface area contributed by atoms with E-state index >= 15 is 0 Å². The molecule has 1 aromatic carbocycles. The molecule has 8 heteroatoms. The Morgan fingerprint density at radius 2 is 2.07 bits per heavy atom. The molecule has 1 aromatic heterocycles. The number of hydrogen-bond acceptors (Lipinski definition) is 4. The standard InChI is InChI=1S/C21H26F2N4O2/c1-26-9-5-19(25-26)20(28)24-13-17-4-6-21(29-17)7-10-27(11-8-21)14-15-2-3-16(22)12-18(15)23/h2-3,5,9,12,17H,4,6-8,10-11,13-14H2,1H3,(H,24,28)/t17-/m1/s1. The average Bonchev–Trinajstić information content (AvgIpc) is 3.31. The minimum atomic E-state index is -0.551. The van der Waals surface area contributed by atoms with Crippen LogP contribution < -0.4 is 5.32 Å². The third-order valence-corrected chi connectivity index (χ3v) is 5.95. The lowest BCUT2D eigenvalue weighted by molar-refractivity contribution is -0.0765. The second-order valence-electron chi connectivity index (χ2n) is 8.06. The number of benzene rings is 1. The predicted octanol–water partition coefficient (Wildman–Crippen LogP) is 2.64. The molecule has 2 saturated heterocycles. The summed E-state index contributed by atoms with van der Waals surface area (Å²) in [6, 6.07) is 5.44. The topological polar surface area (TPSA) is 59.4 Å². The van der Waals surface area contributed by atoms with Gasteiger partial charge < -0.3 is 10.1 Å². The van der Waals surface area contributed by atoms with Gasteiger partial charge in [-0.05, 0) is 37.8 Å². The SMILES string of the molecule is Cn1ccc(C(=O)NC[C@H]2CCC3(CCN(Cc4ccc(F)cc4F)CC3)O2)n1. The van der Waals surface area contributed by atoms with Gasteiger partial charge in [0, 0.05) is 51.1 Å². The fourth-order valence-corrected chi connectivity index (χ4v) is 4.25. The molecule has 4 rings (SSSR count). The molecular formula is C21H26F2N4O2. The van der Waals surface area contributed by atoms with Gasteiger partial charge in [0.1, 0.15) is 17.3 Å². The molecular weight excluding hydrogens is 378 g/mol. The number of carbonyl (C=O) groups is 1. The van der Waals surface area contributed by atoms with Crippen molar-refractivity contribution >= 4 is 5.91 Å². The summed E-state index contributed by atoms with van der Waals surface area (Å²) in [6.07, 6.45) is 5.37. The van der Waals surface area contributed by atoms with Gasteiger partial charge in [-0.15, -0.1) is 0 Å². The highest BCUT2D eigenvalue weighted by molar-refractivity contribution is 5.92. The largest absolute Gasteiger partial charge is 0.370 e. The maximum Gasteiger partial charge on any atom is 0.271 e. The maximum absolute atomic E-state index is 13.9. The van der Waals surface area contributed by atoms with E-state index in [0.717, 1.165) is 44.8 Å². The number of likely N-dealkylation sites (tertiary alicyclic amines) is 1. The zero-order valence-electron chi connectivity index (χ0n) is 16.5. The summed E-state index contributed by atoms with van der Waals surface area (Å²) in [7, 11) is 1.78. The van der Waals surface area contributed by atoms with Gasteiger partial charge in [-0.2, -0.15) is 5.10 Å². The normalized spacial score (nSPS) is 21.6. The summed E-state index contributed by atoms with van der Waals surface area (Å²) in [5, 5.41) is 7.01. The van der Waals surface area contributed by atoms with Crippen LogP contribution in [0.1, 0.15) is 41.7 Å². The number of hydrogen-bond donors (Lipinski definition) is 1. The van der Waals surface area contributed by atoms with Gasteiger partial charge >= 0.3 is 0 Å². The number of aryl methyl sites for hydroxylation is 1. The van der Waals surface area contributed by atoms with E-state index in [1.54, 1.807) is 24.0 Å². The van der Waals surface area contributed by atoms with Gasteiger partial charge in [0.05, 0.1) is 11.7 Å². The highest BCUT2D eigenvalue weighted by atomic mass is 19.1. The Morgan fingerprint density at radius 3 is 2.76 bits per heavy atom. The molecule has 0 bridgehead atoms. The van der Waals surface area contributed by atoms with Crippen molar-refractivity contribution < 1.29 is 18.3 Å². The highest BCUT2D eigenvalue weighted by Gasteiger charge is 2.42. The van der Waals surface area contributed by atoms with Crippen molar-refractivity contribution in [2.24, 2.45) is 7.05 Å². The van der Waals surface area contributed by atoms with Crippen molar-refractivity contribution in [3.05, 3.63) is 53.4 Å². The third-order valence-electron chi connectivity index (χ3n) is 5.95. The van der Waals surface area contributed by atoms with Gasteiger partial charge in [-0.1, -0.05) is 6.07 Å². The van der Waals surface area contributed by atoms with E-state index in [1.165, 1.54) is 12.1 Å². The fourth-order valence-electron chi connectivity index (χ4n) is 4.25. The van der Waals surface area contributed by atoms with Crippen molar-refractivity contribution in [3.8, 4) is 0 Å². The third kappa shape index (κ3) is 4.64. The molecule has 0 radical (unpaired) electrons. The van der Waals surface area contributed by atoms with E-state index in [4.69, 9.17) is 4.74 Å². The second kappa shape index (κ2) is 8.20. The Kier molecular flexibility index (Phi) is 5.65. The summed E-state index contributed by atoms with van der Waals surface area (Å²) in [5.41, 5.74) is 0.768. The molecule has 1 N–H and O–H groups in total. The molecule has 1 atom stereocenters. The summed E-state index contributed by atoms with van der Waals surface area (Å²) in [6.45, 7) is 2.57. The van der Waals surface area contributed by atoms with E-state index in [9.17, 15) is 13.6 Å². The van der Waals surface area contributed by atoms with Crippen LogP contribution in [-0.2, 0) is 18.3 Å². The first-order valence-electron chi connectivity index (χ1n) is 10.0. The number of piperidine rings is 1. The van der Waals surface area contributed by atoms with Gasteiger partial charge in [-0.3, -0.25) is 14.4 Å². The van der Waals surface area contributed by atoms with Crippen molar-refractivity contribution in [2.75, 3.05) is 19.6 Å². The Hall–Kier alpha value is -2.32. The number of rotatable bonds is 5. The van der Waals surface area contributed by atoms with Crippen LogP contribution in [0.5, 0.6) is 0 Å². The first kappa shape index (κ1) is 20.0. The molecule has 1 spiro atoms. The van der Waals surface area contributed by atoms with Crippen LogP contribution in [0.4, 0.5) is 8.78 Å². The molecule has 0 aliphatic carbocycles. The van der Waals surface area contributed by atoms with Crippen LogP contribution in [0.3, 0.4) is 0 Å². The predicted molar refractivity (Wildman–Crippen MR) is 103 cm³/mol. The van der Waals surface area contributed by atoms with Crippen LogP contribution in [0.25, 0.3) is 0 Å². The molecule has 2 aliphatic heterocycles. The molecule has 6 nitrogen and oxygen atoms in total. The Bertz CT molecular complexity index is 877. The minimum absolute atomic E-state index is 0.00348. The number of amides is 1. The van der Waals surface area contributed by atoms with Gasteiger partial charge in [0.25, 0.3) is 5.91 Å². The summed E-state index contributed by atoms with van der Waals surface area (Å²) < 4.78 is 34.9. The molecule has 2 aliphatic rings. The van der Waals surface area contributed by atoms with E-state index < -0.39 is 11.6 Å². The molecule has 29 heavy (non-hydrogen) atoms. The maximum atomic E-state index is 13.9. The van der Waals surface area contributed by atoms with Crippen LogP contribution in [0.2, 0.25) is 0 Å². The van der Waals surface area contributed by atoms with E-state index in [-0.39, 0.29) is 17.6 Å². The second-order valence-corrected chi connectivity index (χ2v) is 8.06. The van der Waals surface area contributed by atoms with Crippen molar-refractivity contribution in [1.29, 1.82) is 0 Å². The lowest BCUT2D eigenvalue weighted by Gasteiger charge is -2.39. The number of ether oxygens (including phenoxy) is 1. The Morgan fingerprint density at radius 1 is 1.28 bits per heavy atom. The van der Waals surface area contributed by atoms with E-state index in [1.807, 2.05) is 0 Å². The van der Waals surface area contributed by atoms with Crippen molar-refractivity contribution in [2.45, 2.75) is 43.9 Å². The molecule has 0 unspecified atom stereocenters. The van der Waals surface area contributed by atoms with Gasteiger partial charge in [0.2, 0.25) is 0 Å². The molecule has 3 heterocycles. The summed E-state index contributed by atoms with van der Waals surface area (Å²) >= 11 is 0. The van der Waals surface area contributed by atoms with Gasteiger partial charge in [-0.25, -0.2) is 8.78 Å². The number of halogens is 2. The zero-order chi connectivity index (χ0) is 20.4. The molecule has 156 valence electrons. The number of nitrogens with one attached hydrogen (secondary N) is 1. The lowest BCUT2D eigenvalue weighted by Crippen LogP contribution is -2.45. The Balaban J connectivity index is 1.24. The smallest absolute Gasteiger partial charge is 0.271 e. The average molecular weight is 404 g/mol. The number of aromatic nitrogens is 2. The fraction of sp³-hybridized carbons (Fsp3) is 0.524. The number of carbonyl (C=O) groups excluding carboxylic acids is 1. The molecule has 2 fully saturated rings. The summed E-state index contributed by atoms with van der Waals surface area (Å²) in [5.74, 6) is -1.23. The van der Waals surface area contributed by atoms with Crippen molar-refractivity contribution in [3.63, 3.8) is 0 Å². The van der Waals surface area contributed by atoms with Crippen LogP contribution in [0.15, 0.2) is 30.5 Å². The first-order chi connectivity index (χ1) is 13.9. The van der Waals surface area contributed by atoms with Gasteiger partial charge in [0.15, 0.2) is 0 Å². The summed E-state index contributed by atoms with van der Waals surface area (Å²) in [4.78, 5) is 14.3. The molecule has 0 saturated carbocycles. The van der Waals surface area contributed by atoms with E-state index in [2.05, 4.69) is 15.3 Å². The van der Waals surface area contributed by atoms with Crippen LogP contribution in [-0.4, -0.2) is 51.9 Å². The molecule has 1 amide bonds. The lowest BCUT2D eigenvalue weighted by atomic mass is 9.88. The monoisotopic (exact) mass is 404 g/mol. The zero-order valence-corrected chi connectivity index (χ0v) is 16.5.